The molecule has 2 N–H and O–H groups in total. The quantitative estimate of drug-likeness (QED) is 0.419. The highest BCUT2D eigenvalue weighted by Crippen LogP contribution is 2.41. The van der Waals surface area contributed by atoms with Gasteiger partial charge in [0.15, 0.2) is 5.69 Å². The predicted octanol–water partition coefficient (Wildman–Crippen LogP) is 4.86. The van der Waals surface area contributed by atoms with Crippen molar-refractivity contribution in [1.82, 2.24) is 10.2 Å². The summed E-state index contributed by atoms with van der Waals surface area (Å²) in [6.07, 6.45) is -3.76. The number of halogens is 4. The summed E-state index contributed by atoms with van der Waals surface area (Å²) in [5.41, 5.74) is -2.07. The van der Waals surface area contributed by atoms with Crippen molar-refractivity contribution < 1.29 is 36.0 Å². The van der Waals surface area contributed by atoms with E-state index in [1.807, 2.05) is 0 Å². The average Bonchev–Trinajstić information content (AvgIpc) is 2.85. The van der Waals surface area contributed by atoms with E-state index < -0.39 is 50.5 Å². The summed E-state index contributed by atoms with van der Waals surface area (Å²) in [5, 5.41) is 9.46. The Bertz CT molecular complexity index is 1480. The van der Waals surface area contributed by atoms with Gasteiger partial charge in [-0.1, -0.05) is 6.07 Å². The largest absolute Gasteiger partial charge is 0.437 e. The number of hydrogen-bond acceptors (Lipinski definition) is 8. The minimum Gasteiger partial charge on any atom is -0.437 e. The first-order chi connectivity index (χ1) is 17.8. The van der Waals surface area contributed by atoms with Crippen LogP contribution < -0.4 is 15.0 Å². The van der Waals surface area contributed by atoms with Gasteiger partial charge in [-0.3, -0.25) is 4.79 Å². The maximum absolute atomic E-state index is 14.1. The Morgan fingerprint density at radius 3 is 2.50 bits per heavy atom. The van der Waals surface area contributed by atoms with E-state index in [0.29, 0.717) is 5.56 Å². The molecule has 1 saturated heterocycles. The molecule has 0 bridgehead atoms. The molecule has 1 aliphatic heterocycles. The van der Waals surface area contributed by atoms with Gasteiger partial charge < -0.3 is 19.7 Å². The third-order valence-corrected chi connectivity index (χ3v) is 6.78. The van der Waals surface area contributed by atoms with Crippen LogP contribution in [0.3, 0.4) is 0 Å². The Morgan fingerprint density at radius 2 is 1.87 bits per heavy atom. The summed E-state index contributed by atoms with van der Waals surface area (Å²) in [5.74, 6) is -2.03. The van der Waals surface area contributed by atoms with Crippen LogP contribution in [0.5, 0.6) is 11.6 Å². The second-order valence-corrected chi connectivity index (χ2v) is 10.7. The van der Waals surface area contributed by atoms with E-state index in [-0.39, 0.29) is 42.6 Å². The molecule has 38 heavy (non-hydrogen) atoms. The molecule has 1 aromatic heterocycles. The van der Waals surface area contributed by atoms with Crippen molar-refractivity contribution >= 4 is 27.0 Å². The van der Waals surface area contributed by atoms with Crippen LogP contribution in [0.1, 0.15) is 21.6 Å². The third kappa shape index (κ3) is 6.02. The molecule has 1 atom stereocenters. The lowest BCUT2D eigenvalue weighted by Gasteiger charge is -2.32. The molecule has 202 valence electrons. The van der Waals surface area contributed by atoms with Crippen molar-refractivity contribution in [2.45, 2.75) is 18.0 Å². The third-order valence-electron chi connectivity index (χ3n) is 5.62. The monoisotopic (exact) mass is 553 g/mol. The van der Waals surface area contributed by atoms with Gasteiger partial charge in [0, 0.05) is 29.9 Å². The average molecular weight is 554 g/mol. The standard InChI is InChI=1S/C24H23F4N5O4S/c1-14-12-15(25)6-7-18(14)37-23-19(22(34)30-16-4-3-5-17(13-16)38(2,29)35)20(33-8-10-36-11-9-33)21(31-32-23)24(26,27)28/h3-7,12-13,29H,8-11H2,1-2H3,(H,30,34). The van der Waals surface area contributed by atoms with E-state index in [4.69, 9.17) is 14.3 Å². The first-order valence-corrected chi connectivity index (χ1v) is 13.2. The fraction of sp³-hybridized carbons (Fsp3) is 0.292. The van der Waals surface area contributed by atoms with E-state index in [1.165, 1.54) is 48.4 Å². The van der Waals surface area contributed by atoms with Crippen molar-refractivity contribution in [3.8, 4) is 11.6 Å². The predicted molar refractivity (Wildman–Crippen MR) is 131 cm³/mol. The zero-order valence-corrected chi connectivity index (χ0v) is 21.1. The summed E-state index contributed by atoms with van der Waals surface area (Å²) in [4.78, 5) is 15.0. The first-order valence-electron chi connectivity index (χ1n) is 11.2. The van der Waals surface area contributed by atoms with Crippen molar-refractivity contribution in [1.29, 1.82) is 4.78 Å². The molecule has 3 aromatic rings. The number of rotatable bonds is 6. The van der Waals surface area contributed by atoms with E-state index in [1.54, 1.807) is 0 Å². The van der Waals surface area contributed by atoms with E-state index in [0.717, 1.165) is 12.1 Å². The second kappa shape index (κ2) is 10.5. The Kier molecular flexibility index (Phi) is 7.56. The molecule has 4 rings (SSSR count). The van der Waals surface area contributed by atoms with Crippen LogP contribution in [0, 0.1) is 17.5 Å². The molecular formula is C24H23F4N5O4S. The van der Waals surface area contributed by atoms with Crippen LogP contribution in [0.25, 0.3) is 0 Å². The molecule has 0 aliphatic carbocycles. The van der Waals surface area contributed by atoms with Crippen LogP contribution in [-0.4, -0.2) is 52.9 Å². The topological polar surface area (TPSA) is 118 Å². The number of alkyl halides is 3. The van der Waals surface area contributed by atoms with Gasteiger partial charge >= 0.3 is 6.18 Å². The van der Waals surface area contributed by atoms with Gasteiger partial charge in [-0.05, 0) is 48.9 Å². The fourth-order valence-corrected chi connectivity index (χ4v) is 4.51. The van der Waals surface area contributed by atoms with Crippen LogP contribution in [0.15, 0.2) is 47.4 Å². The van der Waals surface area contributed by atoms with Crippen LogP contribution in [0.2, 0.25) is 0 Å². The first kappa shape index (κ1) is 27.3. The number of carbonyl (C=O) groups excluding carboxylic acids is 1. The summed E-state index contributed by atoms with van der Waals surface area (Å²) in [6.45, 7) is 1.83. The summed E-state index contributed by atoms with van der Waals surface area (Å²) in [6, 6.07) is 9.13. The Labute approximate surface area is 215 Å². The molecule has 0 spiro atoms. The summed E-state index contributed by atoms with van der Waals surface area (Å²) < 4.78 is 86.9. The number of benzene rings is 2. The number of nitrogens with zero attached hydrogens (tertiary/aromatic N) is 3. The number of aryl methyl sites for hydroxylation is 1. The van der Waals surface area contributed by atoms with Crippen molar-refractivity contribution in [2.75, 3.05) is 42.8 Å². The lowest BCUT2D eigenvalue weighted by Crippen LogP contribution is -2.39. The SMILES string of the molecule is Cc1cc(F)ccc1Oc1nnc(C(F)(F)F)c(N2CCOCC2)c1C(=O)Nc1cccc(S(C)(=N)=O)c1. The maximum Gasteiger partial charge on any atom is 0.437 e. The van der Waals surface area contributed by atoms with Crippen molar-refractivity contribution in [3.63, 3.8) is 0 Å². The molecule has 1 aliphatic rings. The highest BCUT2D eigenvalue weighted by molar-refractivity contribution is 7.91. The Hall–Kier alpha value is -3.78. The molecular weight excluding hydrogens is 530 g/mol. The highest BCUT2D eigenvalue weighted by Gasteiger charge is 2.42. The van der Waals surface area contributed by atoms with Gasteiger partial charge in [0.1, 0.15) is 17.1 Å². The minimum atomic E-state index is -4.96. The van der Waals surface area contributed by atoms with Gasteiger partial charge in [-0.15, -0.1) is 10.2 Å². The van der Waals surface area contributed by atoms with E-state index >= 15 is 0 Å². The van der Waals surface area contributed by atoms with Gasteiger partial charge in [-0.25, -0.2) is 13.4 Å². The molecule has 1 fully saturated rings. The number of amides is 1. The normalized spacial score (nSPS) is 15.6. The molecule has 2 aromatic carbocycles. The van der Waals surface area contributed by atoms with E-state index in [2.05, 4.69) is 15.5 Å². The summed E-state index contributed by atoms with van der Waals surface area (Å²) in [7, 11) is -3.13. The van der Waals surface area contributed by atoms with Crippen LogP contribution in [-0.2, 0) is 20.6 Å². The molecule has 9 nitrogen and oxygen atoms in total. The molecule has 1 unspecified atom stereocenters. The number of ether oxygens (including phenoxy) is 2. The Morgan fingerprint density at radius 1 is 1.16 bits per heavy atom. The molecule has 2 heterocycles. The number of nitrogens with one attached hydrogen (secondary N) is 2. The summed E-state index contributed by atoms with van der Waals surface area (Å²) >= 11 is 0. The van der Waals surface area contributed by atoms with E-state index in [9.17, 15) is 26.6 Å². The number of hydrogen-bond donors (Lipinski definition) is 2. The lowest BCUT2D eigenvalue weighted by atomic mass is 10.1. The Balaban J connectivity index is 1.88. The van der Waals surface area contributed by atoms with Gasteiger partial charge in [0.05, 0.1) is 28.6 Å². The van der Waals surface area contributed by atoms with Crippen molar-refractivity contribution in [2.24, 2.45) is 0 Å². The zero-order chi connectivity index (χ0) is 27.7. The highest BCUT2D eigenvalue weighted by atomic mass is 32.2. The molecule has 0 saturated carbocycles. The zero-order valence-electron chi connectivity index (χ0n) is 20.3. The van der Waals surface area contributed by atoms with Gasteiger partial charge in [0.25, 0.3) is 11.8 Å². The minimum absolute atomic E-state index is 0.0380. The molecule has 0 radical (unpaired) electrons. The number of aromatic nitrogens is 2. The number of morpholine rings is 1. The smallest absolute Gasteiger partial charge is 0.437 e. The lowest BCUT2D eigenvalue weighted by molar-refractivity contribution is -0.141. The van der Waals surface area contributed by atoms with Crippen LogP contribution in [0.4, 0.5) is 28.9 Å². The number of carbonyl (C=O) groups is 1. The molecule has 1 amide bonds. The van der Waals surface area contributed by atoms with Gasteiger partial charge in [-0.2, -0.15) is 13.2 Å². The molecule has 14 heteroatoms. The second-order valence-electron chi connectivity index (χ2n) is 8.51. The van der Waals surface area contributed by atoms with Crippen molar-refractivity contribution in [3.05, 3.63) is 65.1 Å². The fourth-order valence-electron chi connectivity index (χ4n) is 3.82. The van der Waals surface area contributed by atoms with Crippen LogP contribution >= 0.6 is 0 Å². The van der Waals surface area contributed by atoms with Gasteiger partial charge in [0.2, 0.25) is 0 Å². The maximum atomic E-state index is 14.1. The number of anilines is 2.